The molecule has 1 aromatic heterocycles. The Hall–Kier alpha value is -4.36. The van der Waals surface area contributed by atoms with Gasteiger partial charge in [0.2, 0.25) is 0 Å². The molecule has 0 aliphatic heterocycles. The van der Waals surface area contributed by atoms with E-state index < -0.39 is 17.7 Å². The molecule has 4 aromatic rings. The van der Waals surface area contributed by atoms with Crippen LogP contribution in [-0.2, 0) is 18.0 Å². The minimum atomic E-state index is -1.15. The average Bonchev–Trinajstić information content (AvgIpc) is 2.86. The van der Waals surface area contributed by atoms with E-state index in [1.807, 2.05) is 42.5 Å². The van der Waals surface area contributed by atoms with Crippen molar-refractivity contribution in [2.24, 2.45) is 0 Å². The van der Waals surface area contributed by atoms with E-state index in [4.69, 9.17) is 4.74 Å². The molecule has 2 N–H and O–H groups in total. The predicted molar refractivity (Wildman–Crippen MR) is 131 cm³/mol. The molecule has 0 spiro atoms. The lowest BCUT2D eigenvalue weighted by Gasteiger charge is -2.11. The number of carbonyl (C=O) groups is 2. The third-order valence-electron chi connectivity index (χ3n) is 5.46. The number of pyridine rings is 1. The summed E-state index contributed by atoms with van der Waals surface area (Å²) in [6, 6.07) is 22.7. The summed E-state index contributed by atoms with van der Waals surface area (Å²) in [6.07, 6.45) is 1.39. The summed E-state index contributed by atoms with van der Waals surface area (Å²) in [5, 5.41) is 12.0. The van der Waals surface area contributed by atoms with Crippen molar-refractivity contribution < 1.29 is 23.8 Å². The van der Waals surface area contributed by atoms with E-state index in [0.29, 0.717) is 24.6 Å². The number of aromatic carboxylic acids is 1. The summed E-state index contributed by atoms with van der Waals surface area (Å²) in [7, 11) is 0. The molecule has 4 rings (SSSR count). The van der Waals surface area contributed by atoms with Gasteiger partial charge in [0.15, 0.2) is 0 Å². The quantitative estimate of drug-likeness (QED) is 0.337. The van der Waals surface area contributed by atoms with Crippen molar-refractivity contribution in [2.75, 3.05) is 5.32 Å². The highest BCUT2D eigenvalue weighted by Crippen LogP contribution is 2.27. The van der Waals surface area contributed by atoms with Gasteiger partial charge < -0.3 is 15.2 Å². The molecule has 35 heavy (non-hydrogen) atoms. The lowest BCUT2D eigenvalue weighted by Crippen LogP contribution is -2.14. The maximum atomic E-state index is 15.2. The molecule has 176 valence electrons. The second kappa shape index (κ2) is 10.7. The molecule has 0 fully saturated rings. The highest BCUT2D eigenvalue weighted by Gasteiger charge is 2.18. The first kappa shape index (κ1) is 23.8. The van der Waals surface area contributed by atoms with Crippen molar-refractivity contribution >= 4 is 17.6 Å². The molecule has 6 nitrogen and oxygen atoms in total. The molecular formula is C28H23FN2O4. The summed E-state index contributed by atoms with van der Waals surface area (Å²) in [6.45, 7) is 2.48. The molecule has 0 saturated carbocycles. The number of hydrogen-bond acceptors (Lipinski definition) is 4. The molecule has 0 radical (unpaired) electrons. The van der Waals surface area contributed by atoms with Crippen molar-refractivity contribution in [2.45, 2.75) is 20.1 Å². The van der Waals surface area contributed by atoms with Crippen LogP contribution in [-0.4, -0.2) is 22.0 Å². The third-order valence-corrected chi connectivity index (χ3v) is 5.46. The van der Waals surface area contributed by atoms with Gasteiger partial charge in [0, 0.05) is 23.0 Å². The molecule has 7 heteroatoms. The van der Waals surface area contributed by atoms with Crippen LogP contribution < -0.4 is 5.32 Å². The number of aryl methyl sites for hydroxylation is 1. The largest absolute Gasteiger partial charge is 0.478 e. The van der Waals surface area contributed by atoms with Gasteiger partial charge in [-0.2, -0.15) is 0 Å². The molecule has 0 aliphatic rings. The molecule has 0 bridgehead atoms. The fourth-order valence-corrected chi connectivity index (χ4v) is 3.57. The van der Waals surface area contributed by atoms with Crippen LogP contribution >= 0.6 is 0 Å². The van der Waals surface area contributed by atoms with Crippen LogP contribution in [0.3, 0.4) is 0 Å². The van der Waals surface area contributed by atoms with Gasteiger partial charge >= 0.3 is 5.97 Å². The van der Waals surface area contributed by atoms with Crippen LogP contribution in [0.25, 0.3) is 11.1 Å². The highest BCUT2D eigenvalue weighted by atomic mass is 19.1. The Kier molecular flexibility index (Phi) is 7.28. The molecule has 0 saturated heterocycles. The summed E-state index contributed by atoms with van der Waals surface area (Å²) in [5.74, 6) is -2.52. The number of ether oxygens (including phenoxy) is 1. The molecule has 3 aromatic carbocycles. The lowest BCUT2D eigenvalue weighted by molar-refractivity contribution is 0.0695. The summed E-state index contributed by atoms with van der Waals surface area (Å²) in [5.41, 5.74) is 3.05. The van der Waals surface area contributed by atoms with Crippen LogP contribution in [0, 0.1) is 12.7 Å². The summed E-state index contributed by atoms with van der Waals surface area (Å²) in [4.78, 5) is 28.2. The standard InChI is InChI=1S/C28H23FN2O4/c1-18-25(28(33)34)14-21(15-30-18)23-8-5-9-24(26(23)29)27(32)31-22-12-10-20(11-13-22)17-35-16-19-6-3-2-4-7-19/h2-15H,16-17H2,1H3,(H,31,32)(H,33,34). The van der Waals surface area contributed by atoms with Gasteiger partial charge in [0.1, 0.15) is 5.82 Å². The van der Waals surface area contributed by atoms with Gasteiger partial charge in [0.05, 0.1) is 30.0 Å². The van der Waals surface area contributed by atoms with Gasteiger partial charge in [0.25, 0.3) is 5.91 Å². The monoisotopic (exact) mass is 470 g/mol. The van der Waals surface area contributed by atoms with Gasteiger partial charge in [-0.05, 0) is 42.3 Å². The maximum Gasteiger partial charge on any atom is 0.337 e. The van der Waals surface area contributed by atoms with E-state index in [9.17, 15) is 14.7 Å². The highest BCUT2D eigenvalue weighted by molar-refractivity contribution is 6.05. The Morgan fingerprint density at radius 2 is 1.60 bits per heavy atom. The smallest absolute Gasteiger partial charge is 0.337 e. The van der Waals surface area contributed by atoms with E-state index in [1.165, 1.54) is 24.4 Å². The molecule has 0 unspecified atom stereocenters. The van der Waals surface area contributed by atoms with Crippen LogP contribution in [0.15, 0.2) is 85.1 Å². The number of benzene rings is 3. The van der Waals surface area contributed by atoms with E-state index >= 15 is 4.39 Å². The Bertz CT molecular complexity index is 1360. The first-order valence-corrected chi connectivity index (χ1v) is 10.9. The van der Waals surface area contributed by atoms with Crippen molar-refractivity contribution in [3.05, 3.63) is 119 Å². The predicted octanol–water partition coefficient (Wildman–Crippen LogP) is 5.86. The number of nitrogens with zero attached hydrogens (tertiary/aromatic N) is 1. The van der Waals surface area contributed by atoms with Gasteiger partial charge in [-0.3, -0.25) is 9.78 Å². The number of anilines is 1. The average molecular weight is 471 g/mol. The van der Waals surface area contributed by atoms with Gasteiger partial charge in [-0.25, -0.2) is 9.18 Å². The van der Waals surface area contributed by atoms with Gasteiger partial charge in [-0.15, -0.1) is 0 Å². The van der Waals surface area contributed by atoms with Gasteiger partial charge in [-0.1, -0.05) is 54.6 Å². The number of carboxylic acid groups (broad SMARTS) is 1. The zero-order valence-corrected chi connectivity index (χ0v) is 19.0. The number of amides is 1. The normalized spacial score (nSPS) is 10.7. The first-order chi connectivity index (χ1) is 16.9. The number of hydrogen-bond donors (Lipinski definition) is 2. The van der Waals surface area contributed by atoms with Crippen LogP contribution in [0.2, 0.25) is 0 Å². The number of carboxylic acids is 1. The van der Waals surface area contributed by atoms with E-state index in [0.717, 1.165) is 11.1 Å². The Morgan fingerprint density at radius 3 is 2.29 bits per heavy atom. The number of halogens is 1. The second-order valence-electron chi connectivity index (χ2n) is 7.96. The molecule has 1 amide bonds. The van der Waals surface area contributed by atoms with Crippen molar-refractivity contribution in [3.63, 3.8) is 0 Å². The van der Waals surface area contributed by atoms with Crippen LogP contribution in [0.1, 0.15) is 37.5 Å². The second-order valence-corrected chi connectivity index (χ2v) is 7.96. The van der Waals surface area contributed by atoms with E-state index in [2.05, 4.69) is 10.3 Å². The van der Waals surface area contributed by atoms with Crippen molar-refractivity contribution in [1.29, 1.82) is 0 Å². The van der Waals surface area contributed by atoms with Crippen LogP contribution in [0.5, 0.6) is 0 Å². The lowest BCUT2D eigenvalue weighted by atomic mass is 10.0. The number of aromatic nitrogens is 1. The van der Waals surface area contributed by atoms with Crippen molar-refractivity contribution in [3.8, 4) is 11.1 Å². The fraction of sp³-hybridized carbons (Fsp3) is 0.107. The first-order valence-electron chi connectivity index (χ1n) is 10.9. The summed E-state index contributed by atoms with van der Waals surface area (Å²) < 4.78 is 21.0. The fourth-order valence-electron chi connectivity index (χ4n) is 3.57. The minimum absolute atomic E-state index is 0.0235. The molecule has 1 heterocycles. The Balaban J connectivity index is 1.44. The third kappa shape index (κ3) is 5.77. The topological polar surface area (TPSA) is 88.5 Å². The Morgan fingerprint density at radius 1 is 0.914 bits per heavy atom. The summed E-state index contributed by atoms with van der Waals surface area (Å²) >= 11 is 0. The number of carbonyl (C=O) groups excluding carboxylic acids is 1. The SMILES string of the molecule is Cc1ncc(-c2cccc(C(=O)Nc3ccc(COCc4ccccc4)cc3)c2F)cc1C(=O)O. The van der Waals surface area contributed by atoms with Crippen molar-refractivity contribution in [1.82, 2.24) is 4.98 Å². The van der Waals surface area contributed by atoms with E-state index in [-0.39, 0.29) is 22.3 Å². The van der Waals surface area contributed by atoms with E-state index in [1.54, 1.807) is 25.1 Å². The zero-order chi connectivity index (χ0) is 24.8. The zero-order valence-electron chi connectivity index (χ0n) is 19.0. The molecule has 0 aliphatic carbocycles. The minimum Gasteiger partial charge on any atom is -0.478 e. The molecule has 0 atom stereocenters. The maximum absolute atomic E-state index is 15.2. The number of rotatable bonds is 8. The Labute approximate surface area is 202 Å². The van der Waals surface area contributed by atoms with Crippen LogP contribution in [0.4, 0.5) is 10.1 Å². The number of nitrogens with one attached hydrogen (secondary N) is 1. The molecular weight excluding hydrogens is 447 g/mol.